The molecular weight excluding hydrogens is 292 g/mol. The number of benzene rings is 2. The molecule has 0 fully saturated rings. The van der Waals surface area contributed by atoms with Gasteiger partial charge in [-0.15, -0.1) is 0 Å². The summed E-state index contributed by atoms with van der Waals surface area (Å²) in [5.41, 5.74) is 2.79. The Bertz CT molecular complexity index is 828. The number of ether oxygens (including phenoxy) is 1. The number of furan rings is 1. The number of hydrogen-bond donors (Lipinski definition) is 1. The Morgan fingerprint density at radius 3 is 2.57 bits per heavy atom. The molecule has 0 aliphatic rings. The SMILES string of the molecule is CC(=O)Oc1ccc(-c2cc3cc(CC(C)O)ccc3o2)cc1. The summed E-state index contributed by atoms with van der Waals surface area (Å²) in [4.78, 5) is 10.9. The van der Waals surface area contributed by atoms with Crippen LogP contribution in [0.25, 0.3) is 22.3 Å². The molecule has 0 aliphatic heterocycles. The van der Waals surface area contributed by atoms with E-state index in [2.05, 4.69) is 0 Å². The third kappa shape index (κ3) is 3.60. The lowest BCUT2D eigenvalue weighted by Gasteiger charge is -2.03. The molecule has 2 aromatic carbocycles. The maximum atomic E-state index is 10.9. The van der Waals surface area contributed by atoms with Crippen LogP contribution in [0.1, 0.15) is 19.4 Å². The third-order valence-electron chi connectivity index (χ3n) is 3.51. The quantitative estimate of drug-likeness (QED) is 0.585. The molecule has 4 heteroatoms. The number of carbonyl (C=O) groups is 1. The van der Waals surface area contributed by atoms with E-state index in [-0.39, 0.29) is 12.1 Å². The first-order valence-electron chi connectivity index (χ1n) is 7.50. The molecule has 23 heavy (non-hydrogen) atoms. The lowest BCUT2D eigenvalue weighted by Crippen LogP contribution is -2.03. The number of aliphatic hydroxyl groups excluding tert-OH is 1. The second-order valence-corrected chi connectivity index (χ2v) is 5.65. The summed E-state index contributed by atoms with van der Waals surface area (Å²) in [5, 5.41) is 10.5. The predicted octanol–water partition coefficient (Wildman–Crippen LogP) is 3.95. The Labute approximate surface area is 134 Å². The summed E-state index contributed by atoms with van der Waals surface area (Å²) in [6, 6.07) is 15.1. The highest BCUT2D eigenvalue weighted by Crippen LogP contribution is 2.29. The van der Waals surface area contributed by atoms with Gasteiger partial charge in [0.15, 0.2) is 0 Å². The molecule has 3 aromatic rings. The van der Waals surface area contributed by atoms with Gasteiger partial charge in [-0.05, 0) is 61.4 Å². The van der Waals surface area contributed by atoms with Gasteiger partial charge in [0.25, 0.3) is 0 Å². The lowest BCUT2D eigenvalue weighted by molar-refractivity contribution is -0.131. The average Bonchev–Trinajstić information content (AvgIpc) is 2.90. The van der Waals surface area contributed by atoms with E-state index in [1.54, 1.807) is 19.1 Å². The van der Waals surface area contributed by atoms with Gasteiger partial charge in [0.2, 0.25) is 0 Å². The van der Waals surface area contributed by atoms with Gasteiger partial charge in [-0.3, -0.25) is 4.79 Å². The van der Waals surface area contributed by atoms with Crippen LogP contribution in [0.3, 0.4) is 0 Å². The molecule has 4 nitrogen and oxygen atoms in total. The van der Waals surface area contributed by atoms with Crippen molar-refractivity contribution in [2.45, 2.75) is 26.4 Å². The topological polar surface area (TPSA) is 59.7 Å². The Balaban J connectivity index is 1.89. The van der Waals surface area contributed by atoms with E-state index < -0.39 is 0 Å². The summed E-state index contributed by atoms with van der Waals surface area (Å²) in [6.45, 7) is 3.15. The Hall–Kier alpha value is -2.59. The minimum Gasteiger partial charge on any atom is -0.456 e. The van der Waals surface area contributed by atoms with Crippen LogP contribution < -0.4 is 4.74 Å². The standard InChI is InChI=1S/C19H18O4/c1-12(20)9-14-3-8-18-16(10-14)11-19(23-18)15-4-6-17(7-5-15)22-13(2)21/h3-8,10-12,20H,9H2,1-2H3. The Morgan fingerprint density at radius 2 is 1.91 bits per heavy atom. The van der Waals surface area contributed by atoms with Crippen LogP contribution in [0.5, 0.6) is 5.75 Å². The number of esters is 1. The summed E-state index contributed by atoms with van der Waals surface area (Å²) in [6.07, 6.45) is 0.251. The number of hydrogen-bond acceptors (Lipinski definition) is 4. The van der Waals surface area contributed by atoms with Crippen molar-refractivity contribution in [2.75, 3.05) is 0 Å². The summed E-state index contributed by atoms with van der Waals surface area (Å²) in [5.74, 6) is 0.923. The van der Waals surface area contributed by atoms with Crippen molar-refractivity contribution in [2.24, 2.45) is 0 Å². The van der Waals surface area contributed by atoms with Crippen LogP contribution in [-0.4, -0.2) is 17.2 Å². The number of carbonyl (C=O) groups excluding carboxylic acids is 1. The van der Waals surface area contributed by atoms with Crippen molar-refractivity contribution < 1.29 is 19.1 Å². The number of aliphatic hydroxyl groups is 1. The fourth-order valence-electron chi connectivity index (χ4n) is 2.56. The molecule has 1 atom stereocenters. The van der Waals surface area contributed by atoms with Gasteiger partial charge in [0, 0.05) is 17.9 Å². The fraction of sp³-hybridized carbons (Fsp3) is 0.211. The molecule has 0 spiro atoms. The van der Waals surface area contributed by atoms with Gasteiger partial charge in [-0.2, -0.15) is 0 Å². The second-order valence-electron chi connectivity index (χ2n) is 5.65. The normalized spacial score (nSPS) is 12.3. The average molecular weight is 310 g/mol. The summed E-state index contributed by atoms with van der Waals surface area (Å²) in [7, 11) is 0. The van der Waals surface area contributed by atoms with E-state index in [1.165, 1.54) is 6.92 Å². The van der Waals surface area contributed by atoms with E-state index in [0.29, 0.717) is 12.2 Å². The number of fused-ring (bicyclic) bond motifs is 1. The molecule has 3 rings (SSSR count). The van der Waals surface area contributed by atoms with Gasteiger partial charge < -0.3 is 14.3 Å². The van der Waals surface area contributed by atoms with Gasteiger partial charge in [0.1, 0.15) is 17.1 Å². The van der Waals surface area contributed by atoms with Crippen molar-refractivity contribution in [3.63, 3.8) is 0 Å². The van der Waals surface area contributed by atoms with Crippen molar-refractivity contribution in [1.82, 2.24) is 0 Å². The summed E-state index contributed by atoms with van der Waals surface area (Å²) >= 11 is 0. The largest absolute Gasteiger partial charge is 0.456 e. The minimum atomic E-state index is -0.368. The maximum Gasteiger partial charge on any atom is 0.308 e. The molecule has 1 unspecified atom stereocenters. The zero-order chi connectivity index (χ0) is 16.4. The van der Waals surface area contributed by atoms with Crippen LogP contribution in [0.2, 0.25) is 0 Å². The first-order chi connectivity index (χ1) is 11.0. The number of rotatable bonds is 4. The monoisotopic (exact) mass is 310 g/mol. The molecular formula is C19H18O4. The first-order valence-corrected chi connectivity index (χ1v) is 7.50. The molecule has 1 N–H and O–H groups in total. The van der Waals surface area contributed by atoms with Crippen LogP contribution in [0, 0.1) is 0 Å². The minimum absolute atomic E-state index is 0.341. The zero-order valence-electron chi connectivity index (χ0n) is 13.1. The molecule has 1 heterocycles. The molecule has 0 amide bonds. The first kappa shape index (κ1) is 15.3. The van der Waals surface area contributed by atoms with E-state index in [1.807, 2.05) is 36.4 Å². The van der Waals surface area contributed by atoms with Crippen LogP contribution in [0.15, 0.2) is 52.9 Å². The smallest absolute Gasteiger partial charge is 0.308 e. The van der Waals surface area contributed by atoms with Gasteiger partial charge in [0.05, 0.1) is 6.10 Å². The van der Waals surface area contributed by atoms with Crippen molar-refractivity contribution in [3.8, 4) is 17.1 Å². The molecule has 1 aromatic heterocycles. The predicted molar refractivity (Wildman–Crippen MR) is 88.3 cm³/mol. The van der Waals surface area contributed by atoms with E-state index in [4.69, 9.17) is 9.15 Å². The molecule has 0 saturated heterocycles. The van der Waals surface area contributed by atoms with Gasteiger partial charge in [-0.1, -0.05) is 6.07 Å². The molecule has 118 valence electrons. The highest BCUT2D eigenvalue weighted by atomic mass is 16.5. The molecule has 0 saturated carbocycles. The van der Waals surface area contributed by atoms with Crippen LogP contribution in [-0.2, 0) is 11.2 Å². The van der Waals surface area contributed by atoms with E-state index in [0.717, 1.165) is 27.9 Å². The van der Waals surface area contributed by atoms with Gasteiger partial charge in [-0.25, -0.2) is 0 Å². The van der Waals surface area contributed by atoms with Crippen molar-refractivity contribution >= 4 is 16.9 Å². The lowest BCUT2D eigenvalue weighted by atomic mass is 10.1. The van der Waals surface area contributed by atoms with Crippen molar-refractivity contribution in [3.05, 3.63) is 54.1 Å². The molecule has 0 radical (unpaired) electrons. The van der Waals surface area contributed by atoms with Gasteiger partial charge >= 0.3 is 5.97 Å². The Morgan fingerprint density at radius 1 is 1.17 bits per heavy atom. The zero-order valence-corrected chi connectivity index (χ0v) is 13.1. The Kier molecular flexibility index (Phi) is 4.17. The van der Waals surface area contributed by atoms with E-state index >= 15 is 0 Å². The van der Waals surface area contributed by atoms with Crippen molar-refractivity contribution in [1.29, 1.82) is 0 Å². The van der Waals surface area contributed by atoms with Crippen LogP contribution >= 0.6 is 0 Å². The highest BCUT2D eigenvalue weighted by molar-refractivity contribution is 5.83. The highest BCUT2D eigenvalue weighted by Gasteiger charge is 2.08. The molecule has 0 aliphatic carbocycles. The van der Waals surface area contributed by atoms with Crippen LogP contribution in [0.4, 0.5) is 0 Å². The van der Waals surface area contributed by atoms with E-state index in [9.17, 15) is 9.90 Å². The fourth-order valence-corrected chi connectivity index (χ4v) is 2.56. The summed E-state index contributed by atoms with van der Waals surface area (Å²) < 4.78 is 10.9. The second kappa shape index (κ2) is 6.26. The molecule has 0 bridgehead atoms. The maximum absolute atomic E-state index is 10.9. The third-order valence-corrected chi connectivity index (χ3v) is 3.51.